The normalized spacial score (nSPS) is 12.2. The highest BCUT2D eigenvalue weighted by atomic mass is 16.5. The quantitative estimate of drug-likeness (QED) is 0.561. The molecule has 0 fully saturated rings. The number of hydrogen-bond donors (Lipinski definition) is 2. The van der Waals surface area contributed by atoms with Crippen molar-refractivity contribution < 1.29 is 19.4 Å². The number of benzene rings is 1. The average Bonchev–Trinajstić information content (AvgIpc) is 2.44. The van der Waals surface area contributed by atoms with Gasteiger partial charge in [0.05, 0.1) is 0 Å². The number of rotatable bonds is 8. The van der Waals surface area contributed by atoms with Gasteiger partial charge in [0.1, 0.15) is 24.2 Å². The van der Waals surface area contributed by atoms with Crippen LogP contribution in [0.25, 0.3) is 0 Å². The van der Waals surface area contributed by atoms with E-state index in [-0.39, 0.29) is 12.6 Å². The third-order valence-corrected chi connectivity index (χ3v) is 2.55. The van der Waals surface area contributed by atoms with Gasteiger partial charge >= 0.3 is 5.97 Å². The highest BCUT2D eigenvalue weighted by Gasteiger charge is 2.06. The molecule has 0 saturated carbocycles. The SMILES string of the molecule is CCC(=O)Oc1ccc(OCC(O)CNC(C)C)cc1. The topological polar surface area (TPSA) is 67.8 Å². The highest BCUT2D eigenvalue weighted by molar-refractivity contribution is 5.71. The zero-order valence-corrected chi connectivity index (χ0v) is 12.3. The summed E-state index contributed by atoms with van der Waals surface area (Å²) >= 11 is 0. The number of aliphatic hydroxyl groups is 1. The highest BCUT2D eigenvalue weighted by Crippen LogP contribution is 2.18. The summed E-state index contributed by atoms with van der Waals surface area (Å²) in [6, 6.07) is 7.09. The van der Waals surface area contributed by atoms with Gasteiger partial charge in [0.25, 0.3) is 0 Å². The number of hydrogen-bond acceptors (Lipinski definition) is 5. The summed E-state index contributed by atoms with van der Waals surface area (Å²) in [4.78, 5) is 11.1. The molecule has 0 aliphatic rings. The number of aliphatic hydroxyl groups excluding tert-OH is 1. The van der Waals surface area contributed by atoms with Gasteiger partial charge in [-0.1, -0.05) is 20.8 Å². The summed E-state index contributed by atoms with van der Waals surface area (Å²) in [6.45, 7) is 6.48. The second kappa shape index (κ2) is 8.55. The summed E-state index contributed by atoms with van der Waals surface area (Å²) in [5.74, 6) is 0.852. The molecule has 0 saturated heterocycles. The van der Waals surface area contributed by atoms with Crippen molar-refractivity contribution in [1.29, 1.82) is 0 Å². The molecular formula is C15H23NO4. The van der Waals surface area contributed by atoms with Gasteiger partial charge in [-0.05, 0) is 24.3 Å². The number of carbonyl (C=O) groups excluding carboxylic acids is 1. The smallest absolute Gasteiger partial charge is 0.310 e. The first kappa shape index (κ1) is 16.5. The first-order valence-electron chi connectivity index (χ1n) is 6.86. The van der Waals surface area contributed by atoms with Crippen LogP contribution in [-0.4, -0.2) is 36.4 Å². The van der Waals surface area contributed by atoms with Crippen LogP contribution in [0.4, 0.5) is 0 Å². The lowest BCUT2D eigenvalue weighted by molar-refractivity contribution is -0.134. The Balaban J connectivity index is 2.36. The van der Waals surface area contributed by atoms with Crippen molar-refractivity contribution in [3.8, 4) is 11.5 Å². The Bertz CT molecular complexity index is 403. The molecule has 1 unspecified atom stereocenters. The summed E-state index contributed by atoms with van der Waals surface area (Å²) < 4.78 is 10.5. The van der Waals surface area contributed by atoms with E-state index in [4.69, 9.17) is 9.47 Å². The van der Waals surface area contributed by atoms with Crippen molar-refractivity contribution in [1.82, 2.24) is 5.32 Å². The fourth-order valence-corrected chi connectivity index (χ4v) is 1.43. The minimum atomic E-state index is -0.560. The van der Waals surface area contributed by atoms with Crippen LogP contribution in [0.15, 0.2) is 24.3 Å². The molecular weight excluding hydrogens is 258 g/mol. The molecule has 1 atom stereocenters. The number of carbonyl (C=O) groups is 1. The van der Waals surface area contributed by atoms with Crippen LogP contribution >= 0.6 is 0 Å². The van der Waals surface area contributed by atoms with Gasteiger partial charge in [0.2, 0.25) is 0 Å². The van der Waals surface area contributed by atoms with E-state index in [1.54, 1.807) is 31.2 Å². The van der Waals surface area contributed by atoms with Crippen molar-refractivity contribution in [2.75, 3.05) is 13.2 Å². The monoisotopic (exact) mass is 281 g/mol. The Morgan fingerprint density at radius 1 is 1.25 bits per heavy atom. The Kier molecular flexibility index (Phi) is 7.04. The van der Waals surface area contributed by atoms with Crippen LogP contribution in [0.3, 0.4) is 0 Å². The number of nitrogens with one attached hydrogen (secondary N) is 1. The Labute approximate surface area is 119 Å². The number of ether oxygens (including phenoxy) is 2. The summed E-state index contributed by atoms with van der Waals surface area (Å²) in [6.07, 6.45) is -0.220. The molecule has 0 aromatic heterocycles. The van der Waals surface area contributed by atoms with Crippen molar-refractivity contribution in [2.45, 2.75) is 39.3 Å². The molecule has 1 aromatic rings. The summed E-state index contributed by atoms with van der Waals surface area (Å²) in [5, 5.41) is 12.8. The fourth-order valence-electron chi connectivity index (χ4n) is 1.43. The van der Waals surface area contributed by atoms with Crippen molar-refractivity contribution >= 4 is 5.97 Å². The standard InChI is InChI=1S/C15H23NO4/c1-4-15(18)20-14-7-5-13(6-8-14)19-10-12(17)9-16-11(2)3/h5-8,11-12,16-17H,4,9-10H2,1-3H3. The maximum Gasteiger partial charge on any atom is 0.310 e. The molecule has 5 nitrogen and oxygen atoms in total. The van der Waals surface area contributed by atoms with E-state index in [2.05, 4.69) is 5.32 Å². The number of esters is 1. The van der Waals surface area contributed by atoms with Crippen LogP contribution in [0, 0.1) is 0 Å². The van der Waals surface area contributed by atoms with E-state index in [0.717, 1.165) is 0 Å². The molecule has 0 spiro atoms. The Morgan fingerprint density at radius 2 is 1.85 bits per heavy atom. The molecule has 2 N–H and O–H groups in total. The molecule has 0 amide bonds. The molecule has 1 aromatic carbocycles. The Morgan fingerprint density at radius 3 is 2.40 bits per heavy atom. The first-order valence-corrected chi connectivity index (χ1v) is 6.86. The van der Waals surface area contributed by atoms with Crippen LogP contribution in [-0.2, 0) is 4.79 Å². The van der Waals surface area contributed by atoms with Gasteiger partial charge in [-0.3, -0.25) is 4.79 Å². The molecule has 1 rings (SSSR count). The van der Waals surface area contributed by atoms with E-state index in [1.165, 1.54) is 0 Å². The lowest BCUT2D eigenvalue weighted by Crippen LogP contribution is -2.35. The summed E-state index contributed by atoms with van der Waals surface area (Å²) in [7, 11) is 0. The van der Waals surface area contributed by atoms with E-state index < -0.39 is 6.10 Å². The second-order valence-corrected chi connectivity index (χ2v) is 4.83. The van der Waals surface area contributed by atoms with E-state index >= 15 is 0 Å². The third-order valence-electron chi connectivity index (χ3n) is 2.55. The lowest BCUT2D eigenvalue weighted by atomic mass is 10.3. The molecule has 0 heterocycles. The predicted octanol–water partition coefficient (Wildman–Crippen LogP) is 1.74. The predicted molar refractivity (Wildman–Crippen MR) is 77.0 cm³/mol. The fraction of sp³-hybridized carbons (Fsp3) is 0.533. The zero-order chi connectivity index (χ0) is 15.0. The Hall–Kier alpha value is -1.59. The van der Waals surface area contributed by atoms with Crippen LogP contribution in [0.5, 0.6) is 11.5 Å². The molecule has 0 aliphatic carbocycles. The molecule has 20 heavy (non-hydrogen) atoms. The largest absolute Gasteiger partial charge is 0.491 e. The average molecular weight is 281 g/mol. The third kappa shape index (κ3) is 6.54. The maximum atomic E-state index is 11.1. The van der Waals surface area contributed by atoms with Crippen molar-refractivity contribution in [2.24, 2.45) is 0 Å². The van der Waals surface area contributed by atoms with Crippen molar-refractivity contribution in [3.63, 3.8) is 0 Å². The molecule has 0 radical (unpaired) electrons. The minimum Gasteiger partial charge on any atom is -0.491 e. The van der Waals surface area contributed by atoms with E-state index in [9.17, 15) is 9.90 Å². The van der Waals surface area contributed by atoms with Gasteiger partial charge in [-0.15, -0.1) is 0 Å². The lowest BCUT2D eigenvalue weighted by Gasteiger charge is -2.15. The minimum absolute atomic E-state index is 0.216. The summed E-state index contributed by atoms with van der Waals surface area (Å²) in [5.41, 5.74) is 0. The van der Waals surface area contributed by atoms with Gasteiger partial charge in [0, 0.05) is 19.0 Å². The molecule has 0 bridgehead atoms. The van der Waals surface area contributed by atoms with Crippen LogP contribution in [0.1, 0.15) is 27.2 Å². The molecule has 0 aliphatic heterocycles. The van der Waals surface area contributed by atoms with Gasteiger partial charge < -0.3 is 19.9 Å². The van der Waals surface area contributed by atoms with Crippen LogP contribution in [0.2, 0.25) is 0 Å². The van der Waals surface area contributed by atoms with E-state index in [1.807, 2.05) is 13.8 Å². The van der Waals surface area contributed by atoms with E-state index in [0.29, 0.717) is 30.5 Å². The first-order chi connectivity index (χ1) is 9.51. The van der Waals surface area contributed by atoms with Crippen molar-refractivity contribution in [3.05, 3.63) is 24.3 Å². The van der Waals surface area contributed by atoms with Gasteiger partial charge in [-0.25, -0.2) is 0 Å². The second-order valence-electron chi connectivity index (χ2n) is 4.83. The molecule has 112 valence electrons. The van der Waals surface area contributed by atoms with Crippen LogP contribution < -0.4 is 14.8 Å². The maximum absolute atomic E-state index is 11.1. The van der Waals surface area contributed by atoms with Gasteiger partial charge in [-0.2, -0.15) is 0 Å². The zero-order valence-electron chi connectivity index (χ0n) is 12.3. The van der Waals surface area contributed by atoms with Gasteiger partial charge in [0.15, 0.2) is 0 Å². The molecule has 5 heteroatoms.